The van der Waals surface area contributed by atoms with E-state index in [4.69, 9.17) is 14.8 Å². The Morgan fingerprint density at radius 1 is 1.32 bits per heavy atom. The number of anilines is 1. The summed E-state index contributed by atoms with van der Waals surface area (Å²) in [5, 5.41) is 11.5. The van der Waals surface area contributed by atoms with Crippen molar-refractivity contribution < 1.29 is 13.5 Å². The van der Waals surface area contributed by atoms with Crippen molar-refractivity contribution in [3.05, 3.63) is 30.1 Å². The van der Waals surface area contributed by atoms with E-state index in [0.717, 1.165) is 50.2 Å². The topological polar surface area (TPSA) is 116 Å². The number of nitrogens with one attached hydrogen (secondary N) is 2. The van der Waals surface area contributed by atoms with E-state index in [-0.39, 0.29) is 10.9 Å². The Hall–Kier alpha value is -2.56. The van der Waals surface area contributed by atoms with Gasteiger partial charge in [0.25, 0.3) is 0 Å². The van der Waals surface area contributed by atoms with E-state index in [1.54, 1.807) is 30.0 Å². The average Bonchev–Trinajstić information content (AvgIpc) is 3.52. The molecule has 0 radical (unpaired) electrons. The second-order valence-electron chi connectivity index (χ2n) is 8.29. The normalized spacial score (nSPS) is 21.1. The molecule has 2 atom stereocenters. The number of hydrogen-bond acceptors (Lipinski definition) is 8. The van der Waals surface area contributed by atoms with Crippen LogP contribution >= 0.6 is 0 Å². The van der Waals surface area contributed by atoms with Crippen LogP contribution in [0, 0.1) is 0 Å². The van der Waals surface area contributed by atoms with Crippen LogP contribution in [0.4, 0.5) is 5.82 Å². The van der Waals surface area contributed by atoms with Crippen LogP contribution in [0.5, 0.6) is 5.75 Å². The molecule has 0 bridgehead atoms. The SMILES string of the molecule is COc1cc2ncc(-c3ccc([S+](C)(=O)[O-])c(N[C@H]4CCCNC4)n3)n2nc1C1CC1. The fraction of sp³-hybridized carbons (Fsp3) is 0.476. The molecule has 2 fully saturated rings. The van der Waals surface area contributed by atoms with Gasteiger partial charge < -0.3 is 19.9 Å². The molecule has 164 valence electrons. The maximum Gasteiger partial charge on any atom is 0.197 e. The van der Waals surface area contributed by atoms with Crippen molar-refractivity contribution in [1.82, 2.24) is 24.9 Å². The van der Waals surface area contributed by atoms with Crippen LogP contribution in [-0.2, 0) is 14.4 Å². The van der Waals surface area contributed by atoms with Gasteiger partial charge in [-0.1, -0.05) is 0 Å². The third kappa shape index (κ3) is 4.02. The zero-order chi connectivity index (χ0) is 21.6. The molecule has 1 saturated heterocycles. The average molecular weight is 443 g/mol. The third-order valence-electron chi connectivity index (χ3n) is 5.83. The number of aromatic nitrogens is 4. The van der Waals surface area contributed by atoms with E-state index >= 15 is 0 Å². The highest BCUT2D eigenvalue weighted by Crippen LogP contribution is 2.43. The first kappa shape index (κ1) is 20.3. The lowest BCUT2D eigenvalue weighted by molar-refractivity contribution is 0.405. The first-order valence-electron chi connectivity index (χ1n) is 10.6. The molecule has 3 aromatic rings. The van der Waals surface area contributed by atoms with E-state index in [1.165, 1.54) is 6.26 Å². The van der Waals surface area contributed by atoms with Crippen LogP contribution in [0.25, 0.3) is 17.0 Å². The van der Waals surface area contributed by atoms with Crippen LogP contribution in [0.3, 0.4) is 0 Å². The Morgan fingerprint density at radius 3 is 2.84 bits per heavy atom. The quantitative estimate of drug-likeness (QED) is 0.559. The molecule has 3 aromatic heterocycles. The van der Waals surface area contributed by atoms with Crippen molar-refractivity contribution in [3.8, 4) is 17.1 Å². The summed E-state index contributed by atoms with van der Waals surface area (Å²) >= 11 is 0. The zero-order valence-corrected chi connectivity index (χ0v) is 18.4. The number of methoxy groups -OCH3 is 1. The van der Waals surface area contributed by atoms with Crippen LogP contribution < -0.4 is 15.4 Å². The summed E-state index contributed by atoms with van der Waals surface area (Å²) in [6, 6.07) is 5.35. The highest BCUT2D eigenvalue weighted by molar-refractivity contribution is 7.97. The van der Waals surface area contributed by atoms with Crippen LogP contribution in [0.2, 0.25) is 0 Å². The van der Waals surface area contributed by atoms with Gasteiger partial charge in [0.2, 0.25) is 0 Å². The van der Waals surface area contributed by atoms with Gasteiger partial charge in [0, 0.05) is 24.6 Å². The molecule has 0 spiro atoms. The molecule has 10 heteroatoms. The smallest absolute Gasteiger partial charge is 0.197 e. The largest absolute Gasteiger partial charge is 0.610 e. The minimum absolute atomic E-state index is 0.128. The summed E-state index contributed by atoms with van der Waals surface area (Å²) in [4.78, 5) is 9.38. The molecular formula is C21H26N6O3S. The van der Waals surface area contributed by atoms with E-state index in [2.05, 4.69) is 15.6 Å². The number of rotatable bonds is 6. The van der Waals surface area contributed by atoms with Gasteiger partial charge in [0.05, 0.1) is 29.2 Å². The summed E-state index contributed by atoms with van der Waals surface area (Å²) in [6.45, 7) is 1.75. The zero-order valence-electron chi connectivity index (χ0n) is 17.6. The molecule has 2 aliphatic rings. The standard InChI is InChI=1S/C21H26N6O3S/c1-30-17-10-19-23-12-16(27(19)26-20(17)13-5-6-13)15-7-8-18(31(2,28)29)21(25-15)24-14-4-3-9-22-11-14/h7-8,10,12-14,22H,3-6,9,11H2,1-2H3,(H-,24,25,28,29)/t14-/m0/s1. The van der Waals surface area contributed by atoms with Crippen molar-refractivity contribution in [2.45, 2.75) is 42.5 Å². The fourth-order valence-electron chi connectivity index (χ4n) is 4.05. The van der Waals surface area contributed by atoms with Crippen molar-refractivity contribution in [3.63, 3.8) is 0 Å². The predicted molar refractivity (Wildman–Crippen MR) is 117 cm³/mol. The first-order chi connectivity index (χ1) is 14.9. The Bertz CT molecular complexity index is 1160. The van der Waals surface area contributed by atoms with E-state index < -0.39 is 10.2 Å². The van der Waals surface area contributed by atoms with Crippen molar-refractivity contribution >= 4 is 21.7 Å². The number of pyridine rings is 1. The Morgan fingerprint density at radius 2 is 2.16 bits per heavy atom. The van der Waals surface area contributed by atoms with Crippen LogP contribution in [0.15, 0.2) is 29.3 Å². The molecule has 9 nitrogen and oxygen atoms in total. The Labute approximate surface area is 181 Å². The number of sulfone groups is 1. The molecule has 1 unspecified atom stereocenters. The molecule has 1 aliphatic heterocycles. The highest BCUT2D eigenvalue weighted by Gasteiger charge is 2.30. The summed E-state index contributed by atoms with van der Waals surface area (Å²) in [5.74, 6) is 1.53. The van der Waals surface area contributed by atoms with Gasteiger partial charge in [0.1, 0.15) is 23.4 Å². The summed E-state index contributed by atoms with van der Waals surface area (Å²) in [5.41, 5.74) is 2.92. The summed E-state index contributed by atoms with van der Waals surface area (Å²) in [7, 11) is -1.79. The molecule has 1 aliphatic carbocycles. The van der Waals surface area contributed by atoms with Crippen molar-refractivity contribution in [2.75, 3.05) is 31.8 Å². The molecule has 0 aromatic carbocycles. The molecule has 4 heterocycles. The van der Waals surface area contributed by atoms with Gasteiger partial charge >= 0.3 is 0 Å². The number of piperidine rings is 1. The van der Waals surface area contributed by atoms with E-state index in [0.29, 0.717) is 28.8 Å². The van der Waals surface area contributed by atoms with Gasteiger partial charge in [-0.25, -0.2) is 14.5 Å². The minimum Gasteiger partial charge on any atom is -0.610 e. The third-order valence-corrected chi connectivity index (χ3v) is 6.95. The molecule has 1 saturated carbocycles. The number of fused-ring (bicyclic) bond motifs is 1. The van der Waals surface area contributed by atoms with Gasteiger partial charge in [-0.15, -0.1) is 4.21 Å². The lowest BCUT2D eigenvalue weighted by Crippen LogP contribution is -2.39. The number of nitrogens with zero attached hydrogens (tertiary/aromatic N) is 4. The van der Waals surface area contributed by atoms with Crippen molar-refractivity contribution in [2.24, 2.45) is 0 Å². The van der Waals surface area contributed by atoms with Gasteiger partial charge in [-0.05, 0) is 44.4 Å². The molecule has 0 amide bonds. The number of hydrogen-bond donors (Lipinski definition) is 2. The second kappa shape index (κ2) is 7.85. The molecule has 31 heavy (non-hydrogen) atoms. The number of imidazole rings is 1. The van der Waals surface area contributed by atoms with E-state index in [1.807, 2.05) is 6.07 Å². The fourth-order valence-corrected chi connectivity index (χ4v) is 4.82. The Balaban J connectivity index is 1.58. The highest BCUT2D eigenvalue weighted by atomic mass is 32.3. The van der Waals surface area contributed by atoms with E-state index in [9.17, 15) is 8.76 Å². The summed E-state index contributed by atoms with van der Waals surface area (Å²) in [6.07, 6.45) is 7.12. The molecule has 2 N–H and O–H groups in total. The van der Waals surface area contributed by atoms with Crippen LogP contribution in [0.1, 0.15) is 37.3 Å². The van der Waals surface area contributed by atoms with Gasteiger partial charge in [0.15, 0.2) is 16.4 Å². The lowest BCUT2D eigenvalue weighted by atomic mass is 10.1. The van der Waals surface area contributed by atoms with Gasteiger partial charge in [-0.3, -0.25) is 0 Å². The molecular weight excluding hydrogens is 416 g/mol. The predicted octanol–water partition coefficient (Wildman–Crippen LogP) is 2.46. The maximum absolute atomic E-state index is 12.4. The number of ether oxygens (including phenoxy) is 1. The Kier molecular flexibility index (Phi) is 5.15. The lowest BCUT2D eigenvalue weighted by Gasteiger charge is -2.25. The summed E-state index contributed by atoms with van der Waals surface area (Å²) < 4.78 is 32.0. The molecule has 5 rings (SSSR count). The van der Waals surface area contributed by atoms with Crippen molar-refractivity contribution in [1.29, 1.82) is 0 Å². The minimum atomic E-state index is -3.43. The van der Waals surface area contributed by atoms with Crippen LogP contribution in [-0.4, -0.2) is 56.6 Å². The maximum atomic E-state index is 12.4. The first-order valence-corrected chi connectivity index (χ1v) is 12.4. The second-order valence-corrected chi connectivity index (χ2v) is 10.3. The van der Waals surface area contributed by atoms with Gasteiger partial charge in [-0.2, -0.15) is 5.10 Å². The monoisotopic (exact) mass is 442 g/mol.